The summed E-state index contributed by atoms with van der Waals surface area (Å²) in [5.41, 5.74) is 10.1. The molecular weight excluding hydrogens is 1030 g/mol. The number of anilines is 4. The van der Waals surface area contributed by atoms with Gasteiger partial charge in [-0.05, 0) is 129 Å². The van der Waals surface area contributed by atoms with E-state index in [9.17, 15) is 9.59 Å². The highest BCUT2D eigenvalue weighted by atomic mass is 79.9. The Balaban J connectivity index is 0.000000132. The Morgan fingerprint density at radius 3 is 1.43 bits per heavy atom. The van der Waals surface area contributed by atoms with Crippen molar-refractivity contribution >= 4 is 86.5 Å². The zero-order valence-electron chi connectivity index (χ0n) is 44.0. The fraction of sp³-hybridized carbons (Fsp3) is 0.500. The minimum atomic E-state index is -0.283. The molecule has 16 nitrogen and oxygen atoms in total. The monoisotopic (exact) mass is 1100 g/mol. The Kier molecular flexibility index (Phi) is 16.0. The van der Waals surface area contributed by atoms with E-state index < -0.39 is 0 Å². The van der Waals surface area contributed by atoms with Crippen LogP contribution in [0.1, 0.15) is 53.4 Å². The minimum absolute atomic E-state index is 0. The smallest absolute Gasteiger partial charge is 0.399 e. The van der Waals surface area contributed by atoms with Gasteiger partial charge in [-0.3, -0.25) is 9.59 Å². The molecule has 19 heteroatoms. The number of halogens is 2. The lowest BCUT2D eigenvalue weighted by Crippen LogP contribution is -2.49. The summed E-state index contributed by atoms with van der Waals surface area (Å²) in [6.07, 6.45) is 12.1. The SMILES string of the molecule is CC1(C)OB(c2ccc(N3CCNCC3)cc2)OC1(C)C.Cl.O=C(C1CC1)N1CCN(c2ccnn3cc(-c4ccc(N5CCNCC5)cc4)cc23)CC1.O=C(C1CC1)N1CCN(c2ccnn3cc(Br)cc23)CC1. The Bertz CT molecular complexity index is 2890. The molecule has 2 aromatic carbocycles. The molecule has 398 valence electrons. The Hall–Kier alpha value is -5.37. The van der Waals surface area contributed by atoms with E-state index >= 15 is 0 Å². The van der Waals surface area contributed by atoms with Crippen LogP contribution in [0.5, 0.6) is 0 Å². The molecule has 7 fully saturated rings. The molecule has 2 aliphatic carbocycles. The van der Waals surface area contributed by atoms with Crippen molar-refractivity contribution in [3.05, 3.63) is 102 Å². The average Bonchev–Trinajstić information content (AvgIpc) is 4.37. The molecule has 0 unspecified atom stereocenters. The van der Waals surface area contributed by atoms with Crippen LogP contribution in [0.25, 0.3) is 22.2 Å². The normalized spacial score (nSPS) is 20.6. The maximum Gasteiger partial charge on any atom is 0.494 e. The van der Waals surface area contributed by atoms with Gasteiger partial charge >= 0.3 is 7.12 Å². The Morgan fingerprint density at radius 1 is 0.547 bits per heavy atom. The molecule has 7 aliphatic rings. The zero-order chi connectivity index (χ0) is 51.0. The van der Waals surface area contributed by atoms with E-state index in [2.05, 4.69) is 168 Å². The van der Waals surface area contributed by atoms with Crippen LogP contribution in [0.3, 0.4) is 0 Å². The number of fused-ring (bicyclic) bond motifs is 2. The molecule has 2 N–H and O–H groups in total. The minimum Gasteiger partial charge on any atom is -0.399 e. The van der Waals surface area contributed by atoms with Gasteiger partial charge in [-0.25, -0.2) is 9.03 Å². The number of carbonyl (C=O) groups is 2. The summed E-state index contributed by atoms with van der Waals surface area (Å²) < 4.78 is 17.1. The van der Waals surface area contributed by atoms with Crippen LogP contribution in [0.15, 0.2) is 102 Å². The van der Waals surface area contributed by atoms with Gasteiger partial charge < -0.3 is 49.3 Å². The van der Waals surface area contributed by atoms with Gasteiger partial charge in [0.15, 0.2) is 0 Å². The zero-order valence-corrected chi connectivity index (χ0v) is 46.4. The molecule has 0 spiro atoms. The first-order valence-electron chi connectivity index (χ1n) is 27.0. The van der Waals surface area contributed by atoms with E-state index in [-0.39, 0.29) is 30.7 Å². The Labute approximate surface area is 456 Å². The van der Waals surface area contributed by atoms with Gasteiger partial charge in [0.25, 0.3) is 0 Å². The largest absolute Gasteiger partial charge is 0.494 e. The van der Waals surface area contributed by atoms with Crippen LogP contribution < -0.4 is 35.7 Å². The molecule has 0 atom stereocenters. The lowest BCUT2D eigenvalue weighted by atomic mass is 9.79. The standard InChI is InChI=1S/C25H30N6O.C16H25BN2O2.C15H17BrN4O.ClH/c32-25(20-1-2-20)30-15-13-29(14-16-30)23-7-8-27-31-18-21(17-24(23)31)19-3-5-22(6-4-19)28-11-9-26-10-12-28;1-15(2)16(3,4)21-17(20-15)13-5-7-14(8-6-13)19-11-9-18-10-12-19;16-12-9-14-13(3-4-17-20(14)10-12)18-5-7-19(8-6-18)15(21)11-1-2-11;/h3-8,17-18,20,26H,1-2,9-16H2;5-8,18H,9-12H2,1-4H3;3-4,9-11H,1-2,5-8H2;1H. The van der Waals surface area contributed by atoms with Crippen molar-refractivity contribution in [2.45, 2.75) is 64.6 Å². The van der Waals surface area contributed by atoms with Gasteiger partial charge in [0.1, 0.15) is 0 Å². The average molecular weight is 1100 g/mol. The molecular formula is C56H73BBrClN12O4. The quantitative estimate of drug-likeness (QED) is 0.163. The van der Waals surface area contributed by atoms with Gasteiger partial charge in [0.05, 0.1) is 33.6 Å². The molecule has 5 saturated heterocycles. The van der Waals surface area contributed by atoms with Crippen molar-refractivity contribution < 1.29 is 18.9 Å². The van der Waals surface area contributed by atoms with E-state index in [1.54, 1.807) is 0 Å². The van der Waals surface area contributed by atoms with Crippen LogP contribution in [-0.2, 0) is 18.9 Å². The number of piperazine rings is 4. The first-order valence-corrected chi connectivity index (χ1v) is 27.8. The van der Waals surface area contributed by atoms with E-state index in [0.29, 0.717) is 23.7 Å². The molecule has 2 saturated carbocycles. The molecule has 75 heavy (non-hydrogen) atoms. The highest BCUT2D eigenvalue weighted by molar-refractivity contribution is 9.10. The second kappa shape index (κ2) is 22.7. The van der Waals surface area contributed by atoms with Crippen molar-refractivity contribution in [1.82, 2.24) is 39.7 Å². The fourth-order valence-corrected chi connectivity index (χ4v) is 11.1. The van der Waals surface area contributed by atoms with Crippen LogP contribution in [0.4, 0.5) is 22.7 Å². The predicted octanol–water partition coefficient (Wildman–Crippen LogP) is 6.44. The van der Waals surface area contributed by atoms with E-state index in [4.69, 9.17) is 9.31 Å². The lowest BCUT2D eigenvalue weighted by Gasteiger charge is -2.36. The third-order valence-corrected chi connectivity index (χ3v) is 16.7. The first kappa shape index (κ1) is 53.1. The van der Waals surface area contributed by atoms with E-state index in [1.807, 2.05) is 32.5 Å². The molecule has 0 radical (unpaired) electrons. The summed E-state index contributed by atoms with van der Waals surface area (Å²) in [5, 5.41) is 15.7. The van der Waals surface area contributed by atoms with Crippen molar-refractivity contribution in [3.63, 3.8) is 0 Å². The van der Waals surface area contributed by atoms with Crippen LogP contribution in [0.2, 0.25) is 0 Å². The third-order valence-electron chi connectivity index (χ3n) is 16.2. The Morgan fingerprint density at radius 2 is 0.973 bits per heavy atom. The first-order chi connectivity index (χ1) is 35.9. The molecule has 9 heterocycles. The molecule has 13 rings (SSSR count). The maximum atomic E-state index is 12.4. The predicted molar refractivity (Wildman–Crippen MR) is 306 cm³/mol. The number of hydrogen-bond donors (Lipinski definition) is 2. The number of aromatic nitrogens is 4. The number of amides is 2. The fourth-order valence-electron chi connectivity index (χ4n) is 10.7. The number of rotatable bonds is 8. The van der Waals surface area contributed by atoms with E-state index in [0.717, 1.165) is 151 Å². The molecule has 4 aromatic heterocycles. The molecule has 5 aliphatic heterocycles. The highest BCUT2D eigenvalue weighted by Gasteiger charge is 2.51. The van der Waals surface area contributed by atoms with Gasteiger partial charge in [0, 0.05) is 163 Å². The topological polar surface area (TPSA) is 131 Å². The number of nitrogens with zero attached hydrogens (tertiary/aromatic N) is 10. The van der Waals surface area contributed by atoms with Gasteiger partial charge in [-0.1, -0.05) is 24.3 Å². The van der Waals surface area contributed by atoms with Crippen molar-refractivity contribution in [2.24, 2.45) is 11.8 Å². The number of benzene rings is 2. The van der Waals surface area contributed by atoms with Crippen molar-refractivity contribution in [3.8, 4) is 11.1 Å². The summed E-state index contributed by atoms with van der Waals surface area (Å²) in [5.74, 6) is 1.35. The summed E-state index contributed by atoms with van der Waals surface area (Å²) >= 11 is 3.50. The third kappa shape index (κ3) is 12.0. The number of carbonyl (C=O) groups excluding carboxylic acids is 2. The number of nitrogens with one attached hydrogen (secondary N) is 2. The van der Waals surface area contributed by atoms with Crippen molar-refractivity contribution in [1.29, 1.82) is 0 Å². The van der Waals surface area contributed by atoms with Gasteiger partial charge in [-0.2, -0.15) is 10.2 Å². The van der Waals surface area contributed by atoms with Crippen LogP contribution in [-0.4, -0.2) is 164 Å². The summed E-state index contributed by atoms with van der Waals surface area (Å²) in [7, 11) is -0.271. The second-order valence-corrected chi connectivity index (χ2v) is 22.8. The summed E-state index contributed by atoms with van der Waals surface area (Å²) in [4.78, 5) is 38.2. The van der Waals surface area contributed by atoms with Crippen molar-refractivity contribution in [2.75, 3.05) is 124 Å². The highest BCUT2D eigenvalue weighted by Crippen LogP contribution is 2.37. The van der Waals surface area contributed by atoms with Gasteiger partial charge in [0.2, 0.25) is 11.8 Å². The second-order valence-electron chi connectivity index (χ2n) is 21.9. The van der Waals surface area contributed by atoms with Crippen LogP contribution >= 0.6 is 28.3 Å². The number of hydrogen-bond acceptors (Lipinski definition) is 12. The van der Waals surface area contributed by atoms with E-state index in [1.165, 1.54) is 33.9 Å². The summed E-state index contributed by atoms with van der Waals surface area (Å²) in [6, 6.07) is 26.0. The maximum absolute atomic E-state index is 12.4. The molecule has 0 bridgehead atoms. The van der Waals surface area contributed by atoms with Crippen LogP contribution in [0, 0.1) is 11.8 Å². The van der Waals surface area contributed by atoms with Gasteiger partial charge in [-0.15, -0.1) is 12.4 Å². The lowest BCUT2D eigenvalue weighted by molar-refractivity contribution is -0.133. The molecule has 2 amide bonds. The summed E-state index contributed by atoms with van der Waals surface area (Å²) in [6.45, 7) is 23.6. The molecule has 6 aromatic rings.